The zero-order valence-corrected chi connectivity index (χ0v) is 14.7. The normalized spacial score (nSPS) is 15.4. The first-order chi connectivity index (χ1) is 12.9. The summed E-state index contributed by atoms with van der Waals surface area (Å²) in [5.41, 5.74) is 4.95. The van der Waals surface area contributed by atoms with Crippen molar-refractivity contribution in [1.29, 1.82) is 5.26 Å². The van der Waals surface area contributed by atoms with Gasteiger partial charge in [0.15, 0.2) is 11.5 Å². The summed E-state index contributed by atoms with van der Waals surface area (Å²) in [5.74, 6) is -0.273. The number of nitrogens with one attached hydrogen (secondary N) is 2. The van der Waals surface area contributed by atoms with Crippen molar-refractivity contribution in [2.24, 2.45) is 5.73 Å². The Morgan fingerprint density at radius 3 is 2.26 bits per heavy atom. The number of aromatic nitrogens is 2. The lowest BCUT2D eigenvalue weighted by molar-refractivity contribution is 0.323. The smallest absolute Gasteiger partial charge is 0.326 e. The van der Waals surface area contributed by atoms with Crippen LogP contribution in [0.4, 0.5) is 0 Å². The van der Waals surface area contributed by atoms with Crippen LogP contribution < -0.4 is 35.9 Å². The van der Waals surface area contributed by atoms with Crippen LogP contribution in [-0.2, 0) is 0 Å². The van der Waals surface area contributed by atoms with Gasteiger partial charge in [-0.15, -0.1) is 0 Å². The number of hydrogen-bond acceptors (Lipinski definition) is 8. The second-order valence-electron chi connectivity index (χ2n) is 5.53. The molecule has 0 saturated heterocycles. The third-order valence-electron chi connectivity index (χ3n) is 4.12. The van der Waals surface area contributed by atoms with E-state index < -0.39 is 17.2 Å². The Balaban J connectivity index is 2.35. The van der Waals surface area contributed by atoms with Crippen molar-refractivity contribution in [3.63, 3.8) is 0 Å². The van der Waals surface area contributed by atoms with Crippen molar-refractivity contribution in [2.45, 2.75) is 5.92 Å². The van der Waals surface area contributed by atoms with Crippen LogP contribution in [0.1, 0.15) is 17.2 Å². The van der Waals surface area contributed by atoms with E-state index in [0.717, 1.165) is 0 Å². The summed E-state index contributed by atoms with van der Waals surface area (Å²) in [7, 11) is 4.35. The molecule has 10 nitrogen and oxygen atoms in total. The van der Waals surface area contributed by atoms with E-state index in [4.69, 9.17) is 24.7 Å². The maximum Gasteiger partial charge on any atom is 0.326 e. The zero-order valence-electron chi connectivity index (χ0n) is 14.7. The first-order valence-electron chi connectivity index (χ1n) is 7.69. The van der Waals surface area contributed by atoms with Crippen molar-refractivity contribution in [3.05, 3.63) is 55.7 Å². The van der Waals surface area contributed by atoms with Gasteiger partial charge in [-0.25, -0.2) is 4.79 Å². The number of aromatic amines is 2. The molecular formula is C17H16N4O6. The highest BCUT2D eigenvalue weighted by Crippen LogP contribution is 2.45. The SMILES string of the molecule is COc1cc(C2C(C#N)=C(N)Oc3c2[nH]c(=O)[nH]c3=O)cc(OC)c1OC. The van der Waals surface area contributed by atoms with Gasteiger partial charge in [0.05, 0.1) is 32.9 Å². The average Bonchev–Trinajstić information content (AvgIpc) is 2.66. The van der Waals surface area contributed by atoms with Crippen LogP contribution >= 0.6 is 0 Å². The molecule has 2 heterocycles. The highest BCUT2D eigenvalue weighted by Gasteiger charge is 2.34. The number of hydrogen-bond donors (Lipinski definition) is 3. The topological polar surface area (TPSA) is 152 Å². The zero-order chi connectivity index (χ0) is 19.7. The molecule has 27 heavy (non-hydrogen) atoms. The van der Waals surface area contributed by atoms with E-state index in [0.29, 0.717) is 22.8 Å². The summed E-state index contributed by atoms with van der Waals surface area (Å²) in [6.07, 6.45) is 0. The lowest BCUT2D eigenvalue weighted by atomic mass is 9.86. The predicted molar refractivity (Wildman–Crippen MR) is 93.1 cm³/mol. The van der Waals surface area contributed by atoms with Gasteiger partial charge in [-0.2, -0.15) is 5.26 Å². The fraction of sp³-hybridized carbons (Fsp3) is 0.235. The number of methoxy groups -OCH3 is 3. The Morgan fingerprint density at radius 1 is 1.11 bits per heavy atom. The largest absolute Gasteiger partial charge is 0.493 e. The first kappa shape index (κ1) is 17.9. The monoisotopic (exact) mass is 372 g/mol. The molecular weight excluding hydrogens is 356 g/mol. The Morgan fingerprint density at radius 2 is 1.74 bits per heavy atom. The molecule has 3 rings (SSSR count). The summed E-state index contributed by atoms with van der Waals surface area (Å²) in [6.45, 7) is 0. The fourth-order valence-corrected chi connectivity index (χ4v) is 2.97. The molecule has 0 saturated carbocycles. The van der Waals surface area contributed by atoms with Gasteiger partial charge in [-0.1, -0.05) is 0 Å². The van der Waals surface area contributed by atoms with Crippen LogP contribution in [-0.4, -0.2) is 31.3 Å². The maximum atomic E-state index is 12.1. The number of ether oxygens (including phenoxy) is 4. The van der Waals surface area contributed by atoms with Gasteiger partial charge in [0.25, 0.3) is 5.56 Å². The summed E-state index contributed by atoms with van der Waals surface area (Å²) in [4.78, 5) is 28.5. The molecule has 0 spiro atoms. The third-order valence-corrected chi connectivity index (χ3v) is 4.12. The van der Waals surface area contributed by atoms with Crippen LogP contribution in [0.15, 0.2) is 33.2 Å². The van der Waals surface area contributed by atoms with Crippen molar-refractivity contribution < 1.29 is 18.9 Å². The summed E-state index contributed by atoms with van der Waals surface area (Å²) >= 11 is 0. The van der Waals surface area contributed by atoms with Gasteiger partial charge in [0.2, 0.25) is 17.4 Å². The second kappa shape index (κ2) is 6.80. The molecule has 4 N–H and O–H groups in total. The third kappa shape index (κ3) is 2.85. The van der Waals surface area contributed by atoms with Crippen molar-refractivity contribution in [3.8, 4) is 29.1 Å². The van der Waals surface area contributed by atoms with Crippen LogP contribution in [0.25, 0.3) is 0 Å². The average molecular weight is 372 g/mol. The maximum absolute atomic E-state index is 12.1. The van der Waals surface area contributed by atoms with E-state index in [1.54, 1.807) is 12.1 Å². The van der Waals surface area contributed by atoms with Gasteiger partial charge < -0.3 is 29.7 Å². The molecule has 0 aliphatic carbocycles. The van der Waals surface area contributed by atoms with Gasteiger partial charge in [-0.05, 0) is 17.7 Å². The molecule has 0 bridgehead atoms. The van der Waals surface area contributed by atoms with Crippen LogP contribution in [0, 0.1) is 11.3 Å². The minimum atomic E-state index is -0.873. The molecule has 140 valence electrons. The molecule has 2 aromatic rings. The predicted octanol–water partition coefficient (Wildman–Crippen LogP) is 0.307. The van der Waals surface area contributed by atoms with Crippen LogP contribution in [0.5, 0.6) is 23.0 Å². The molecule has 0 amide bonds. The Labute approximate surface area is 152 Å². The highest BCUT2D eigenvalue weighted by molar-refractivity contribution is 5.59. The molecule has 1 unspecified atom stereocenters. The lowest BCUT2D eigenvalue weighted by Gasteiger charge is -2.26. The Kier molecular flexibility index (Phi) is 4.51. The van der Waals surface area contributed by atoms with E-state index in [1.165, 1.54) is 21.3 Å². The van der Waals surface area contributed by atoms with Gasteiger partial charge >= 0.3 is 5.69 Å². The molecule has 1 aromatic carbocycles. The van der Waals surface area contributed by atoms with Crippen molar-refractivity contribution in [1.82, 2.24) is 9.97 Å². The van der Waals surface area contributed by atoms with E-state index in [-0.39, 0.29) is 22.9 Å². The fourth-order valence-electron chi connectivity index (χ4n) is 2.97. The van der Waals surface area contributed by atoms with Gasteiger partial charge in [0, 0.05) is 0 Å². The number of nitrogens with two attached hydrogens (primary N) is 1. The van der Waals surface area contributed by atoms with Gasteiger partial charge in [0.1, 0.15) is 11.6 Å². The highest BCUT2D eigenvalue weighted by atomic mass is 16.5. The van der Waals surface area contributed by atoms with Crippen molar-refractivity contribution in [2.75, 3.05) is 21.3 Å². The first-order valence-corrected chi connectivity index (χ1v) is 7.69. The molecule has 10 heteroatoms. The molecule has 1 atom stereocenters. The van der Waals surface area contributed by atoms with E-state index in [1.807, 2.05) is 6.07 Å². The molecule has 0 fully saturated rings. The summed E-state index contributed by atoms with van der Waals surface area (Å²) in [6, 6.07) is 5.17. The van der Waals surface area contributed by atoms with Crippen molar-refractivity contribution >= 4 is 0 Å². The number of nitrogens with zero attached hydrogens (tertiary/aromatic N) is 1. The number of nitriles is 1. The second-order valence-corrected chi connectivity index (χ2v) is 5.53. The summed E-state index contributed by atoms with van der Waals surface area (Å²) in [5, 5.41) is 9.58. The standard InChI is InChI=1S/C17H16N4O6/c1-24-9-4-7(5-10(25-2)13(9)26-3)11-8(6-18)15(19)27-14-12(11)20-17(23)21-16(14)22/h4-5,11H,19H2,1-3H3,(H2,20,21,22,23). The number of fused-ring (bicyclic) bond motifs is 1. The van der Waals surface area contributed by atoms with Crippen LogP contribution in [0.2, 0.25) is 0 Å². The van der Waals surface area contributed by atoms with Gasteiger partial charge in [-0.3, -0.25) is 9.78 Å². The van der Waals surface area contributed by atoms with E-state index >= 15 is 0 Å². The number of benzene rings is 1. The van der Waals surface area contributed by atoms with E-state index in [2.05, 4.69) is 9.97 Å². The minimum absolute atomic E-state index is 0.0259. The molecule has 1 aliphatic heterocycles. The quantitative estimate of drug-likeness (QED) is 0.693. The Bertz CT molecular complexity index is 1070. The Hall–Kier alpha value is -3.87. The number of rotatable bonds is 4. The number of allylic oxidation sites excluding steroid dienone is 1. The molecule has 1 aliphatic rings. The van der Waals surface area contributed by atoms with E-state index in [9.17, 15) is 14.9 Å². The summed E-state index contributed by atoms with van der Waals surface area (Å²) < 4.78 is 21.2. The van der Waals surface area contributed by atoms with Crippen LogP contribution in [0.3, 0.4) is 0 Å². The lowest BCUT2D eigenvalue weighted by Crippen LogP contribution is -2.32. The molecule has 0 radical (unpaired) electrons. The minimum Gasteiger partial charge on any atom is -0.493 e. The number of H-pyrrole nitrogens is 2. The molecule has 1 aromatic heterocycles.